The van der Waals surface area contributed by atoms with Crippen LogP contribution in [0.2, 0.25) is 0 Å². The van der Waals surface area contributed by atoms with Gasteiger partial charge in [-0.3, -0.25) is 4.90 Å². The number of carbonyl (C=O) groups excluding carboxylic acids is 2. The smallest absolute Gasteiger partial charge is 0.407 e. The molecule has 4 N–H and O–H groups in total. The van der Waals surface area contributed by atoms with Crippen LogP contribution in [0, 0.1) is 5.92 Å². The fourth-order valence-electron chi connectivity index (χ4n) is 3.34. The van der Waals surface area contributed by atoms with Crippen LogP contribution in [0.4, 0.5) is 4.79 Å². The molecule has 1 heterocycles. The molecule has 3 unspecified atom stereocenters. The van der Waals surface area contributed by atoms with E-state index in [2.05, 4.69) is 5.32 Å². The van der Waals surface area contributed by atoms with Crippen LogP contribution in [-0.2, 0) is 16.1 Å². The summed E-state index contributed by atoms with van der Waals surface area (Å²) in [5.74, 6) is 0.422. The molecule has 2 amide bonds. The van der Waals surface area contributed by atoms with Crippen LogP contribution in [-0.4, -0.2) is 54.1 Å². The number of phenolic OH excluding ortho intramolecular Hbond substituents is 1. The molecule has 2 rings (SSSR count). The Bertz CT molecular complexity index is 700. The third-order valence-corrected chi connectivity index (χ3v) is 4.72. The van der Waals surface area contributed by atoms with Gasteiger partial charge in [-0.05, 0) is 39.3 Å². The number of likely N-dealkylation sites (tertiary alicyclic amines) is 1. The Balaban J connectivity index is 1.92. The summed E-state index contributed by atoms with van der Waals surface area (Å²) in [6.07, 6.45) is 0.411. The minimum atomic E-state index is -0.630. The van der Waals surface area contributed by atoms with E-state index in [1.807, 2.05) is 0 Å². The third-order valence-electron chi connectivity index (χ3n) is 4.72. The van der Waals surface area contributed by atoms with Crippen molar-refractivity contribution in [3.8, 4) is 11.5 Å². The Morgan fingerprint density at radius 1 is 1.39 bits per heavy atom. The van der Waals surface area contributed by atoms with Crippen molar-refractivity contribution in [2.45, 2.75) is 51.8 Å². The molecule has 1 aromatic carbocycles. The molecule has 0 spiro atoms. The maximum absolute atomic E-state index is 12.7. The van der Waals surface area contributed by atoms with E-state index in [0.29, 0.717) is 37.2 Å². The molecule has 1 aliphatic heterocycles. The average molecular weight is 395 g/mol. The lowest BCUT2D eigenvalue weighted by atomic mass is 9.99. The number of phenols is 1. The number of ether oxygens (including phenoxy) is 2. The second-order valence-corrected chi connectivity index (χ2v) is 8.14. The molecule has 156 valence electrons. The number of carbonyl (C=O) groups is 2. The first-order valence-corrected chi connectivity index (χ1v) is 9.48. The molecule has 28 heavy (non-hydrogen) atoms. The molecule has 1 saturated heterocycles. The number of rotatable bonds is 7. The molecule has 1 aromatic rings. The van der Waals surface area contributed by atoms with Crippen LogP contribution >= 0.6 is 0 Å². The predicted molar refractivity (Wildman–Crippen MR) is 102 cm³/mol. The second-order valence-electron chi connectivity index (χ2n) is 8.14. The highest BCUT2D eigenvalue weighted by Gasteiger charge is 2.38. The van der Waals surface area contributed by atoms with Gasteiger partial charge < -0.3 is 25.0 Å². The molecule has 0 radical (unpaired) electrons. The van der Waals surface area contributed by atoms with Gasteiger partial charge in [0.15, 0.2) is 0 Å². The quantitative estimate of drug-likeness (QED) is 0.539. The average Bonchev–Trinajstić information content (AvgIpc) is 2.94. The summed E-state index contributed by atoms with van der Waals surface area (Å²) in [6.45, 7) is 6.04. The maximum atomic E-state index is 12.7. The number of benzene rings is 1. The van der Waals surface area contributed by atoms with Crippen molar-refractivity contribution in [1.29, 1.82) is 0 Å². The summed E-state index contributed by atoms with van der Waals surface area (Å²) in [4.78, 5) is 25.4. The number of hydrogen-bond donors (Lipinski definition) is 4. The molecular formula is C20H31N2O6+. The lowest BCUT2D eigenvalue weighted by Gasteiger charge is -2.23. The molecular weight excluding hydrogens is 364 g/mol. The largest absolute Gasteiger partial charge is 0.507 e. The van der Waals surface area contributed by atoms with Gasteiger partial charge in [0.05, 0.1) is 32.2 Å². The molecule has 8 nitrogen and oxygen atoms in total. The minimum Gasteiger partial charge on any atom is -0.507 e. The van der Waals surface area contributed by atoms with Gasteiger partial charge in [0.2, 0.25) is 0 Å². The van der Waals surface area contributed by atoms with Crippen molar-refractivity contribution in [3.63, 3.8) is 0 Å². The SMILES string of the molecule is COc1ccc(C[NH+]2CCC(CC(CO)NC(=O)OC(C)(C)C)C2=O)c(O)c1. The summed E-state index contributed by atoms with van der Waals surface area (Å²) in [5, 5.41) is 22.3. The number of aliphatic hydroxyl groups excluding tert-OH is 1. The van der Waals surface area contributed by atoms with E-state index in [9.17, 15) is 19.8 Å². The van der Waals surface area contributed by atoms with Crippen molar-refractivity contribution >= 4 is 12.0 Å². The molecule has 0 aliphatic carbocycles. The Kier molecular flexibility index (Phi) is 7.26. The minimum absolute atomic E-state index is 0.0275. The molecule has 3 atom stereocenters. The zero-order chi connectivity index (χ0) is 20.9. The highest BCUT2D eigenvalue weighted by atomic mass is 16.6. The zero-order valence-electron chi connectivity index (χ0n) is 16.9. The van der Waals surface area contributed by atoms with E-state index in [4.69, 9.17) is 9.47 Å². The lowest BCUT2D eigenvalue weighted by molar-refractivity contribution is -0.826. The van der Waals surface area contributed by atoms with Crippen LogP contribution in [0.3, 0.4) is 0 Å². The first-order chi connectivity index (χ1) is 13.1. The van der Waals surface area contributed by atoms with Crippen molar-refractivity contribution in [1.82, 2.24) is 5.32 Å². The van der Waals surface area contributed by atoms with Gasteiger partial charge in [0.1, 0.15) is 23.6 Å². The predicted octanol–water partition coefficient (Wildman–Crippen LogP) is 0.608. The Morgan fingerprint density at radius 2 is 2.11 bits per heavy atom. The fourth-order valence-corrected chi connectivity index (χ4v) is 3.34. The third kappa shape index (κ3) is 6.10. The van der Waals surface area contributed by atoms with Gasteiger partial charge in [0, 0.05) is 18.1 Å². The number of methoxy groups -OCH3 is 1. The zero-order valence-corrected chi connectivity index (χ0v) is 16.9. The van der Waals surface area contributed by atoms with Gasteiger partial charge in [0.25, 0.3) is 0 Å². The first kappa shape index (κ1) is 22.0. The van der Waals surface area contributed by atoms with E-state index >= 15 is 0 Å². The first-order valence-electron chi connectivity index (χ1n) is 9.48. The van der Waals surface area contributed by atoms with Crippen LogP contribution < -0.4 is 15.0 Å². The Morgan fingerprint density at radius 3 is 2.68 bits per heavy atom. The van der Waals surface area contributed by atoms with E-state index in [0.717, 1.165) is 4.90 Å². The standard InChI is InChI=1S/C20H30N2O6/c1-20(2,3)28-19(26)21-15(12-23)9-13-7-8-22(18(13)25)11-14-5-6-16(27-4)10-17(14)24/h5-6,10,13,15,23-24H,7-9,11-12H2,1-4H3,(H,21,26)/p+1. The summed E-state index contributed by atoms with van der Waals surface area (Å²) in [6, 6.07) is 4.48. The van der Waals surface area contributed by atoms with Gasteiger partial charge in [-0.1, -0.05) is 0 Å². The van der Waals surface area contributed by atoms with Gasteiger partial charge >= 0.3 is 12.0 Å². The summed E-state index contributed by atoms with van der Waals surface area (Å²) < 4.78 is 10.3. The van der Waals surface area contributed by atoms with Crippen LogP contribution in [0.15, 0.2) is 18.2 Å². The summed E-state index contributed by atoms with van der Waals surface area (Å²) in [7, 11) is 1.52. The van der Waals surface area contributed by atoms with Crippen molar-refractivity contribution < 1.29 is 34.2 Å². The molecule has 8 heteroatoms. The maximum Gasteiger partial charge on any atom is 0.407 e. The van der Waals surface area contributed by atoms with Crippen LogP contribution in [0.1, 0.15) is 39.2 Å². The number of nitrogens with one attached hydrogen (secondary N) is 2. The monoisotopic (exact) mass is 395 g/mol. The topological polar surface area (TPSA) is 110 Å². The van der Waals surface area contributed by atoms with E-state index in [1.165, 1.54) is 13.2 Å². The highest BCUT2D eigenvalue weighted by Crippen LogP contribution is 2.23. The number of amides is 2. The van der Waals surface area contributed by atoms with Gasteiger partial charge in [-0.2, -0.15) is 0 Å². The molecule has 0 aromatic heterocycles. The summed E-state index contributed by atoms with van der Waals surface area (Å²) in [5.41, 5.74) is 0.0459. The number of alkyl carbamates (subject to hydrolysis) is 1. The summed E-state index contributed by atoms with van der Waals surface area (Å²) >= 11 is 0. The second kappa shape index (κ2) is 9.25. The molecule has 1 aliphatic rings. The number of quaternary nitrogens is 1. The van der Waals surface area contributed by atoms with Crippen LogP contribution in [0.5, 0.6) is 11.5 Å². The highest BCUT2D eigenvalue weighted by molar-refractivity contribution is 5.72. The number of hydrogen-bond acceptors (Lipinski definition) is 6. The van der Waals surface area contributed by atoms with E-state index in [-0.39, 0.29) is 24.2 Å². The molecule has 0 bridgehead atoms. The van der Waals surface area contributed by atoms with Crippen molar-refractivity contribution in [2.24, 2.45) is 5.92 Å². The number of aromatic hydroxyl groups is 1. The van der Waals surface area contributed by atoms with Gasteiger partial charge in [-0.25, -0.2) is 9.59 Å². The molecule has 1 fully saturated rings. The normalized spacial score (nSPS) is 20.7. The Labute approximate surface area is 165 Å². The molecule has 0 saturated carbocycles. The van der Waals surface area contributed by atoms with E-state index in [1.54, 1.807) is 32.9 Å². The number of aliphatic hydroxyl groups is 1. The van der Waals surface area contributed by atoms with Gasteiger partial charge in [-0.15, -0.1) is 0 Å². The fraction of sp³-hybridized carbons (Fsp3) is 0.600. The van der Waals surface area contributed by atoms with Crippen LogP contribution in [0.25, 0.3) is 0 Å². The Hall–Kier alpha value is -2.32. The van der Waals surface area contributed by atoms with E-state index < -0.39 is 17.7 Å². The van der Waals surface area contributed by atoms with Crippen molar-refractivity contribution in [2.75, 3.05) is 20.3 Å². The lowest BCUT2D eigenvalue weighted by Crippen LogP contribution is -3.11. The van der Waals surface area contributed by atoms with Crippen molar-refractivity contribution in [3.05, 3.63) is 23.8 Å².